The Labute approximate surface area is 96.5 Å². The molecule has 0 rings (SSSR count). The Morgan fingerprint density at radius 2 is 1.00 bits per heavy atom. The second-order valence-electron chi connectivity index (χ2n) is 3.48. The predicted molar refractivity (Wildman–Crippen MR) is 44.6 cm³/mol. The third-order valence-electron chi connectivity index (χ3n) is 2.28. The Morgan fingerprint density at radius 3 is 1.22 bits per heavy atom. The number of rotatable bonds is 3. The molecule has 0 atom stereocenters. The molecule has 0 bridgehead atoms. The third-order valence-corrected chi connectivity index (χ3v) is 2.28. The van der Waals surface area contributed by atoms with Crippen molar-refractivity contribution < 1.29 is 39.5 Å². The summed E-state index contributed by atoms with van der Waals surface area (Å²) in [6.45, 7) is 1.37. The van der Waals surface area contributed by atoms with Crippen LogP contribution in [0.25, 0.3) is 0 Å². The summed E-state index contributed by atoms with van der Waals surface area (Å²) in [5, 5.41) is 0. The molecule has 0 spiro atoms. The molecule has 0 aromatic rings. The summed E-state index contributed by atoms with van der Waals surface area (Å²) in [5.41, 5.74) is -5.72. The Balaban J connectivity index is 5.83. The highest BCUT2D eigenvalue weighted by atomic mass is 19.4. The molecule has 0 nitrogen and oxygen atoms in total. The van der Waals surface area contributed by atoms with Gasteiger partial charge in [-0.2, -0.15) is 39.5 Å². The second kappa shape index (κ2) is 5.00. The van der Waals surface area contributed by atoms with Crippen molar-refractivity contribution in [3.8, 4) is 0 Å². The number of halogens is 9. The number of hydrogen-bond donors (Lipinski definition) is 0. The average molecular weight is 288 g/mol. The molecule has 0 aromatic carbocycles. The topological polar surface area (TPSA) is 0 Å². The van der Waals surface area contributed by atoms with Gasteiger partial charge in [-0.1, -0.05) is 19.1 Å². The van der Waals surface area contributed by atoms with Crippen LogP contribution in [0.15, 0.2) is 12.2 Å². The van der Waals surface area contributed by atoms with Crippen molar-refractivity contribution in [1.29, 1.82) is 0 Å². The van der Waals surface area contributed by atoms with Crippen molar-refractivity contribution >= 4 is 0 Å². The molecule has 0 saturated carbocycles. The normalized spacial score (nSPS) is 15.4. The van der Waals surface area contributed by atoms with Gasteiger partial charge in [-0.25, -0.2) is 0 Å². The standard InChI is InChI=1S/C9H9F9/c1-2-3-4-5-6(7(10,11)12,8(13,14)15)9(16,17)18/h3-4H,2,5H2,1H3. The van der Waals surface area contributed by atoms with Crippen LogP contribution in [0.2, 0.25) is 0 Å². The first-order valence-corrected chi connectivity index (χ1v) is 4.66. The van der Waals surface area contributed by atoms with Gasteiger partial charge in [0, 0.05) is 0 Å². The maximum absolute atomic E-state index is 12.3. The largest absolute Gasteiger partial charge is 0.412 e. The Morgan fingerprint density at radius 1 is 0.667 bits per heavy atom. The molecule has 0 radical (unpaired) electrons. The van der Waals surface area contributed by atoms with E-state index in [2.05, 4.69) is 0 Å². The summed E-state index contributed by atoms with van der Waals surface area (Å²) in [7, 11) is 0. The van der Waals surface area contributed by atoms with Crippen molar-refractivity contribution in [2.45, 2.75) is 38.3 Å². The van der Waals surface area contributed by atoms with E-state index in [1.807, 2.05) is 0 Å². The summed E-state index contributed by atoms with van der Waals surface area (Å²) in [4.78, 5) is 0. The maximum atomic E-state index is 12.3. The fourth-order valence-corrected chi connectivity index (χ4v) is 1.26. The highest BCUT2D eigenvalue weighted by Crippen LogP contribution is 2.61. The lowest BCUT2D eigenvalue weighted by Crippen LogP contribution is -2.59. The molecule has 18 heavy (non-hydrogen) atoms. The van der Waals surface area contributed by atoms with E-state index in [0.717, 1.165) is 6.08 Å². The van der Waals surface area contributed by atoms with Gasteiger partial charge in [-0.3, -0.25) is 0 Å². The molecule has 0 N–H and O–H groups in total. The van der Waals surface area contributed by atoms with E-state index in [4.69, 9.17) is 0 Å². The molecule has 0 aliphatic carbocycles. The molecule has 0 unspecified atom stereocenters. The molecule has 0 fully saturated rings. The highest BCUT2D eigenvalue weighted by molar-refractivity contribution is 5.04. The first-order valence-electron chi connectivity index (χ1n) is 4.66. The first-order chi connectivity index (χ1) is 7.81. The van der Waals surface area contributed by atoms with Gasteiger partial charge in [0.25, 0.3) is 5.41 Å². The molecule has 0 aromatic heterocycles. The quantitative estimate of drug-likeness (QED) is 0.505. The van der Waals surface area contributed by atoms with Gasteiger partial charge in [-0.15, -0.1) is 0 Å². The molecule has 108 valence electrons. The minimum absolute atomic E-state index is 0.0314. The minimum atomic E-state index is -6.47. The molecule has 0 amide bonds. The van der Waals surface area contributed by atoms with Crippen LogP contribution in [0.5, 0.6) is 0 Å². The molecular weight excluding hydrogens is 279 g/mol. The average Bonchev–Trinajstić information content (AvgIpc) is 2.05. The molecular formula is C9H9F9. The van der Waals surface area contributed by atoms with Crippen LogP contribution in [-0.4, -0.2) is 18.5 Å². The van der Waals surface area contributed by atoms with Gasteiger partial charge in [0.1, 0.15) is 0 Å². The van der Waals surface area contributed by atoms with E-state index in [1.165, 1.54) is 6.92 Å². The zero-order valence-electron chi connectivity index (χ0n) is 8.97. The van der Waals surface area contributed by atoms with Crippen molar-refractivity contribution in [3.63, 3.8) is 0 Å². The van der Waals surface area contributed by atoms with Gasteiger partial charge in [-0.05, 0) is 12.8 Å². The van der Waals surface area contributed by atoms with Crippen molar-refractivity contribution in [1.82, 2.24) is 0 Å². The first kappa shape index (κ1) is 17.1. The van der Waals surface area contributed by atoms with Crippen molar-refractivity contribution in [3.05, 3.63) is 12.2 Å². The Hall–Kier alpha value is -0.890. The van der Waals surface area contributed by atoms with E-state index < -0.39 is 30.4 Å². The summed E-state index contributed by atoms with van der Waals surface area (Å²) >= 11 is 0. The molecule has 0 aliphatic rings. The van der Waals surface area contributed by atoms with Crippen LogP contribution in [-0.2, 0) is 0 Å². The van der Waals surface area contributed by atoms with Gasteiger partial charge < -0.3 is 0 Å². The van der Waals surface area contributed by atoms with Crippen LogP contribution in [0.3, 0.4) is 0 Å². The maximum Gasteiger partial charge on any atom is 0.412 e. The van der Waals surface area contributed by atoms with Gasteiger partial charge >= 0.3 is 18.5 Å². The fourth-order valence-electron chi connectivity index (χ4n) is 1.26. The lowest BCUT2D eigenvalue weighted by Gasteiger charge is -2.37. The number of alkyl halides is 9. The second-order valence-corrected chi connectivity index (χ2v) is 3.48. The van der Waals surface area contributed by atoms with Crippen LogP contribution in [0.1, 0.15) is 19.8 Å². The Bertz CT molecular complexity index is 255. The lowest BCUT2D eigenvalue weighted by atomic mass is 9.81. The lowest BCUT2D eigenvalue weighted by molar-refractivity contribution is -0.425. The monoisotopic (exact) mass is 288 g/mol. The molecule has 0 saturated heterocycles. The van der Waals surface area contributed by atoms with Crippen LogP contribution >= 0.6 is 0 Å². The summed E-state index contributed by atoms with van der Waals surface area (Å²) in [6.07, 6.45) is -20.5. The summed E-state index contributed by atoms with van der Waals surface area (Å²) < 4.78 is 111. The third kappa shape index (κ3) is 2.92. The van der Waals surface area contributed by atoms with E-state index >= 15 is 0 Å². The van der Waals surface area contributed by atoms with E-state index in [1.54, 1.807) is 0 Å². The van der Waals surface area contributed by atoms with Crippen LogP contribution in [0.4, 0.5) is 39.5 Å². The van der Waals surface area contributed by atoms with Gasteiger partial charge in [0.2, 0.25) is 0 Å². The van der Waals surface area contributed by atoms with Crippen molar-refractivity contribution in [2.24, 2.45) is 5.41 Å². The fraction of sp³-hybridized carbons (Fsp3) is 0.778. The zero-order valence-corrected chi connectivity index (χ0v) is 8.97. The highest BCUT2D eigenvalue weighted by Gasteiger charge is 2.82. The van der Waals surface area contributed by atoms with Crippen LogP contribution in [0, 0.1) is 5.41 Å². The SMILES string of the molecule is CCC=CCC(C(F)(F)F)(C(F)(F)F)C(F)(F)F. The summed E-state index contributed by atoms with van der Waals surface area (Å²) in [5.74, 6) is 0. The van der Waals surface area contributed by atoms with E-state index in [0.29, 0.717) is 0 Å². The van der Waals surface area contributed by atoms with Gasteiger partial charge in [0.15, 0.2) is 0 Å². The van der Waals surface area contributed by atoms with E-state index in [-0.39, 0.29) is 12.5 Å². The molecule has 9 heteroatoms. The molecule has 0 heterocycles. The van der Waals surface area contributed by atoms with Gasteiger partial charge in [0.05, 0.1) is 0 Å². The van der Waals surface area contributed by atoms with Crippen LogP contribution < -0.4 is 0 Å². The summed E-state index contributed by atoms with van der Waals surface area (Å²) in [6, 6.07) is 0. The Kier molecular flexibility index (Phi) is 4.76. The zero-order chi connectivity index (χ0) is 14.8. The smallest absolute Gasteiger partial charge is 0.170 e. The minimum Gasteiger partial charge on any atom is -0.170 e. The predicted octanol–water partition coefficient (Wildman–Crippen LogP) is 5.02. The van der Waals surface area contributed by atoms with Crippen molar-refractivity contribution in [2.75, 3.05) is 0 Å². The number of allylic oxidation sites excluding steroid dienone is 2. The number of hydrogen-bond acceptors (Lipinski definition) is 0. The van der Waals surface area contributed by atoms with E-state index in [9.17, 15) is 39.5 Å². The molecule has 0 aliphatic heterocycles.